The summed E-state index contributed by atoms with van der Waals surface area (Å²) in [5.41, 5.74) is 2.10. The third-order valence-electron chi connectivity index (χ3n) is 5.60. The quantitative estimate of drug-likeness (QED) is 0.443. The monoisotopic (exact) mass is 475 g/mol. The molecule has 1 fully saturated rings. The van der Waals surface area contributed by atoms with Gasteiger partial charge in [0.2, 0.25) is 5.91 Å². The molecule has 3 aliphatic heterocycles. The fourth-order valence-electron chi connectivity index (χ4n) is 4.00. The zero-order valence-electron chi connectivity index (χ0n) is 18.6. The minimum Gasteiger partial charge on any atom is -0.460 e. The number of amidine groups is 1. The lowest BCUT2D eigenvalue weighted by Crippen LogP contribution is -2.42. The Bertz CT molecular complexity index is 1020. The Kier molecular flexibility index (Phi) is 7.46. The normalized spacial score (nSPS) is 20.4. The lowest BCUT2D eigenvalue weighted by atomic mass is 9.93. The molecule has 0 bridgehead atoms. The van der Waals surface area contributed by atoms with Gasteiger partial charge >= 0.3 is 5.97 Å². The molecule has 0 spiro atoms. The van der Waals surface area contributed by atoms with Gasteiger partial charge in [-0.3, -0.25) is 4.79 Å². The Hall–Kier alpha value is -2.69. The second-order valence-electron chi connectivity index (χ2n) is 7.75. The summed E-state index contributed by atoms with van der Waals surface area (Å²) >= 11 is 1.38. The number of ether oxygens (including phenoxy) is 3. The molecule has 1 saturated heterocycles. The second-order valence-corrected chi connectivity index (χ2v) is 8.58. The van der Waals surface area contributed by atoms with Gasteiger partial charge in [-0.2, -0.15) is 0 Å². The van der Waals surface area contributed by atoms with Gasteiger partial charge in [-0.1, -0.05) is 23.9 Å². The summed E-state index contributed by atoms with van der Waals surface area (Å²) in [7, 11) is 1.52. The number of amides is 1. The number of allylic oxidation sites excluding steroid dienone is 1. The number of halogens is 1. The Morgan fingerprint density at radius 3 is 2.79 bits per heavy atom. The number of morpholine rings is 1. The molecule has 0 aromatic heterocycles. The second kappa shape index (κ2) is 10.5. The van der Waals surface area contributed by atoms with E-state index in [0.29, 0.717) is 54.0 Å². The molecule has 0 aliphatic carbocycles. The van der Waals surface area contributed by atoms with Gasteiger partial charge in [0.25, 0.3) is 0 Å². The van der Waals surface area contributed by atoms with E-state index < -0.39 is 17.8 Å². The molecule has 4 rings (SSSR count). The smallest absolute Gasteiger partial charge is 0.338 e. The number of esters is 1. The standard InChI is InChI=1S/C23H26FN3O5S/c1-15-20(22(29)32-11-10-30-2)21(16-4-3-5-17(24)12-16)27-18(14-33-23(27)25-15)13-19(28)26-6-8-31-9-7-26/h3-5,12,14,21H,6-11,13H2,1-2H3/t21-/m0/s1. The van der Waals surface area contributed by atoms with Crippen LogP contribution in [0.25, 0.3) is 0 Å². The molecule has 0 unspecified atom stereocenters. The van der Waals surface area contributed by atoms with Crippen molar-refractivity contribution in [3.63, 3.8) is 0 Å². The number of thioether (sulfide) groups is 1. The van der Waals surface area contributed by atoms with Crippen LogP contribution < -0.4 is 0 Å². The molecule has 3 aliphatic rings. The number of nitrogens with zero attached hydrogens (tertiary/aromatic N) is 3. The molecule has 1 amide bonds. The topological polar surface area (TPSA) is 80.7 Å². The molecule has 176 valence electrons. The summed E-state index contributed by atoms with van der Waals surface area (Å²) in [5, 5.41) is 2.51. The van der Waals surface area contributed by atoms with E-state index in [9.17, 15) is 14.0 Å². The number of carbonyl (C=O) groups excluding carboxylic acids is 2. The highest BCUT2D eigenvalue weighted by atomic mass is 32.2. The molecule has 1 atom stereocenters. The van der Waals surface area contributed by atoms with E-state index in [1.165, 1.54) is 31.0 Å². The minimum atomic E-state index is -0.665. The fourth-order valence-corrected chi connectivity index (χ4v) is 4.96. The first-order valence-electron chi connectivity index (χ1n) is 10.7. The van der Waals surface area contributed by atoms with Crippen LogP contribution in [0.15, 0.2) is 51.6 Å². The third kappa shape index (κ3) is 5.13. The van der Waals surface area contributed by atoms with E-state index in [0.717, 1.165) is 0 Å². The van der Waals surface area contributed by atoms with Crippen molar-refractivity contribution in [1.82, 2.24) is 9.80 Å². The Morgan fingerprint density at radius 2 is 2.06 bits per heavy atom. The molecule has 1 aromatic carbocycles. The molecule has 10 heteroatoms. The van der Waals surface area contributed by atoms with Crippen LogP contribution in [0.5, 0.6) is 0 Å². The largest absolute Gasteiger partial charge is 0.460 e. The molecule has 3 heterocycles. The summed E-state index contributed by atoms with van der Waals surface area (Å²) in [6.07, 6.45) is 0.142. The summed E-state index contributed by atoms with van der Waals surface area (Å²) in [6, 6.07) is 5.45. The van der Waals surface area contributed by atoms with Crippen LogP contribution in [0.1, 0.15) is 24.9 Å². The van der Waals surface area contributed by atoms with Crippen LogP contribution >= 0.6 is 11.8 Å². The van der Waals surface area contributed by atoms with Gasteiger partial charge < -0.3 is 24.0 Å². The highest BCUT2D eigenvalue weighted by Gasteiger charge is 2.41. The Balaban J connectivity index is 1.66. The number of methoxy groups -OCH3 is 1. The number of fused-ring (bicyclic) bond motifs is 1. The first-order chi connectivity index (χ1) is 16.0. The van der Waals surface area contributed by atoms with E-state index in [1.807, 2.05) is 10.3 Å². The van der Waals surface area contributed by atoms with Gasteiger partial charge in [0.15, 0.2) is 5.17 Å². The van der Waals surface area contributed by atoms with E-state index in [4.69, 9.17) is 14.2 Å². The number of hydrogen-bond acceptors (Lipinski definition) is 8. The van der Waals surface area contributed by atoms with Gasteiger partial charge in [0.1, 0.15) is 12.4 Å². The number of hydrogen-bond donors (Lipinski definition) is 0. The van der Waals surface area contributed by atoms with Crippen molar-refractivity contribution in [2.24, 2.45) is 4.99 Å². The maximum atomic E-state index is 14.2. The van der Waals surface area contributed by atoms with E-state index in [1.54, 1.807) is 24.0 Å². The van der Waals surface area contributed by atoms with Crippen LogP contribution in [0.4, 0.5) is 4.39 Å². The maximum Gasteiger partial charge on any atom is 0.338 e. The summed E-state index contributed by atoms with van der Waals surface area (Å²) in [4.78, 5) is 34.3. The summed E-state index contributed by atoms with van der Waals surface area (Å²) in [5.74, 6) is -0.986. The van der Waals surface area contributed by atoms with Crippen molar-refractivity contribution in [3.8, 4) is 0 Å². The summed E-state index contributed by atoms with van der Waals surface area (Å²) in [6.45, 7) is 4.21. The SMILES string of the molecule is COCCOC(=O)C1=C(C)N=C2SC=C(CC(=O)N3CCOCC3)N2[C@H]1c1cccc(F)c1. The van der Waals surface area contributed by atoms with Crippen molar-refractivity contribution >= 4 is 28.8 Å². The van der Waals surface area contributed by atoms with Crippen molar-refractivity contribution in [3.05, 3.63) is 58.0 Å². The first kappa shape index (κ1) is 23.5. The highest BCUT2D eigenvalue weighted by molar-refractivity contribution is 8.16. The zero-order valence-corrected chi connectivity index (χ0v) is 19.4. The molecule has 0 radical (unpaired) electrons. The molecule has 33 heavy (non-hydrogen) atoms. The van der Waals surface area contributed by atoms with Crippen LogP contribution in [0, 0.1) is 5.82 Å². The molecule has 0 N–H and O–H groups in total. The number of rotatable bonds is 7. The van der Waals surface area contributed by atoms with Crippen LogP contribution in [0.3, 0.4) is 0 Å². The van der Waals surface area contributed by atoms with Gasteiger partial charge in [-0.15, -0.1) is 0 Å². The first-order valence-corrected chi connectivity index (χ1v) is 11.6. The number of carbonyl (C=O) groups is 2. The van der Waals surface area contributed by atoms with Crippen molar-refractivity contribution in [1.29, 1.82) is 0 Å². The van der Waals surface area contributed by atoms with Crippen molar-refractivity contribution < 1.29 is 28.2 Å². The number of benzene rings is 1. The molecular weight excluding hydrogens is 449 g/mol. The van der Waals surface area contributed by atoms with E-state index >= 15 is 0 Å². The predicted molar refractivity (Wildman–Crippen MR) is 122 cm³/mol. The van der Waals surface area contributed by atoms with Crippen molar-refractivity contribution in [2.75, 3.05) is 46.6 Å². The van der Waals surface area contributed by atoms with Gasteiger partial charge in [-0.05, 0) is 30.0 Å². The highest BCUT2D eigenvalue weighted by Crippen LogP contribution is 2.45. The van der Waals surface area contributed by atoms with Crippen LogP contribution in [-0.4, -0.2) is 73.5 Å². The average molecular weight is 476 g/mol. The van der Waals surface area contributed by atoms with E-state index in [-0.39, 0.29) is 25.5 Å². The molecule has 8 nitrogen and oxygen atoms in total. The lowest BCUT2D eigenvalue weighted by molar-refractivity contribution is -0.141. The molecular formula is C23H26FN3O5S. The molecule has 0 saturated carbocycles. The average Bonchev–Trinajstić information content (AvgIpc) is 3.20. The maximum absolute atomic E-state index is 14.2. The minimum absolute atomic E-state index is 0.0279. The molecule has 1 aromatic rings. The van der Waals surface area contributed by atoms with Crippen LogP contribution in [0.2, 0.25) is 0 Å². The third-order valence-corrected chi connectivity index (χ3v) is 6.49. The zero-order chi connectivity index (χ0) is 23.4. The van der Waals surface area contributed by atoms with Gasteiger partial charge in [0.05, 0.1) is 43.6 Å². The lowest BCUT2D eigenvalue weighted by Gasteiger charge is -2.37. The fraction of sp³-hybridized carbons (Fsp3) is 0.435. The van der Waals surface area contributed by atoms with Gasteiger partial charge in [0, 0.05) is 25.9 Å². The Labute approximate surface area is 196 Å². The number of aliphatic imine (C=N–C) groups is 1. The van der Waals surface area contributed by atoms with Gasteiger partial charge in [-0.25, -0.2) is 14.2 Å². The predicted octanol–water partition coefficient (Wildman–Crippen LogP) is 2.84. The summed E-state index contributed by atoms with van der Waals surface area (Å²) < 4.78 is 29.9. The van der Waals surface area contributed by atoms with Crippen LogP contribution in [-0.2, 0) is 23.8 Å². The Morgan fingerprint density at radius 1 is 1.27 bits per heavy atom. The van der Waals surface area contributed by atoms with E-state index in [2.05, 4.69) is 4.99 Å². The van der Waals surface area contributed by atoms with Crippen molar-refractivity contribution in [2.45, 2.75) is 19.4 Å².